The van der Waals surface area contributed by atoms with E-state index in [0.29, 0.717) is 33.6 Å². The third-order valence-electron chi connectivity index (χ3n) is 4.20. The van der Waals surface area contributed by atoms with Gasteiger partial charge in [-0.3, -0.25) is 9.59 Å². The highest BCUT2D eigenvalue weighted by molar-refractivity contribution is 8.18. The van der Waals surface area contributed by atoms with E-state index in [4.69, 9.17) is 21.1 Å². The molecular weight excluding hydrogens is 412 g/mol. The smallest absolute Gasteiger partial charge is 0.286 e. The lowest BCUT2D eigenvalue weighted by molar-refractivity contribution is -0.117. The third-order valence-corrected chi connectivity index (χ3v) is 5.38. The number of hydrogen-bond acceptors (Lipinski definition) is 5. The Hall–Kier alpha value is -1.99. The highest BCUT2D eigenvalue weighted by Crippen LogP contribution is 2.38. The van der Waals surface area contributed by atoms with Crippen molar-refractivity contribution in [2.24, 2.45) is 4.99 Å². The van der Waals surface area contributed by atoms with E-state index in [0.717, 1.165) is 24.6 Å². The normalized spacial score (nSPS) is 14.8. The number of halogens is 1. The van der Waals surface area contributed by atoms with Gasteiger partial charge in [0.1, 0.15) is 0 Å². The van der Waals surface area contributed by atoms with E-state index in [-0.39, 0.29) is 11.1 Å². The van der Waals surface area contributed by atoms with E-state index in [9.17, 15) is 9.59 Å². The number of thioether (sulfide) groups is 1. The third kappa shape index (κ3) is 7.40. The predicted molar refractivity (Wildman–Crippen MR) is 119 cm³/mol. The van der Waals surface area contributed by atoms with Crippen LogP contribution in [0.4, 0.5) is 0 Å². The van der Waals surface area contributed by atoms with E-state index in [1.54, 1.807) is 25.3 Å². The maximum atomic E-state index is 12.0. The van der Waals surface area contributed by atoms with Gasteiger partial charge in [-0.2, -0.15) is 4.99 Å². The molecule has 0 saturated heterocycles. The van der Waals surface area contributed by atoms with Crippen molar-refractivity contribution in [3.8, 4) is 11.5 Å². The lowest BCUT2D eigenvalue weighted by Crippen LogP contribution is -2.23. The van der Waals surface area contributed by atoms with Gasteiger partial charge in [0.25, 0.3) is 5.91 Å². The summed E-state index contributed by atoms with van der Waals surface area (Å²) in [6, 6.07) is 3.48. The van der Waals surface area contributed by atoms with Crippen LogP contribution in [0.15, 0.2) is 22.0 Å². The number of unbranched alkanes of at least 4 members (excludes halogenated alkanes) is 5. The van der Waals surface area contributed by atoms with Gasteiger partial charge in [-0.1, -0.05) is 50.6 Å². The minimum Gasteiger partial charge on any atom is -0.493 e. The number of carbonyl (C=O) groups is 2. The van der Waals surface area contributed by atoms with E-state index < -0.39 is 5.91 Å². The van der Waals surface area contributed by atoms with Gasteiger partial charge >= 0.3 is 0 Å². The largest absolute Gasteiger partial charge is 0.493 e. The quantitative estimate of drug-likeness (QED) is 0.401. The average molecular weight is 439 g/mol. The fraction of sp³-hybridized carbons (Fsp3) is 0.476. The maximum absolute atomic E-state index is 12.0. The number of carbonyl (C=O) groups excluding carboxylic acids is 2. The molecule has 1 aromatic rings. The molecule has 0 radical (unpaired) electrons. The van der Waals surface area contributed by atoms with Crippen LogP contribution in [-0.2, 0) is 9.59 Å². The van der Waals surface area contributed by atoms with Crippen LogP contribution in [-0.4, -0.2) is 30.7 Å². The zero-order chi connectivity index (χ0) is 21.2. The molecule has 0 saturated carbocycles. The van der Waals surface area contributed by atoms with E-state index in [1.165, 1.54) is 32.6 Å². The molecule has 0 atom stereocenters. The Morgan fingerprint density at radius 3 is 2.66 bits per heavy atom. The summed E-state index contributed by atoms with van der Waals surface area (Å²) in [4.78, 5) is 27.4. The fourth-order valence-electron chi connectivity index (χ4n) is 2.78. The van der Waals surface area contributed by atoms with Crippen LogP contribution in [0, 0.1) is 0 Å². The SMILES string of the molecule is CCCCCCCCOc1c(Cl)cc(/C=C2/SC(NC(C)=O)=NC2=O)cc1OC. The van der Waals surface area contributed by atoms with Crippen LogP contribution in [0.3, 0.4) is 0 Å². The first kappa shape index (κ1) is 23.3. The zero-order valence-corrected chi connectivity index (χ0v) is 18.6. The Labute approximate surface area is 181 Å². The maximum Gasteiger partial charge on any atom is 0.286 e. The number of benzene rings is 1. The number of ether oxygens (including phenoxy) is 2. The number of amides is 2. The number of nitrogens with one attached hydrogen (secondary N) is 1. The van der Waals surface area contributed by atoms with Crippen molar-refractivity contribution in [1.82, 2.24) is 5.32 Å². The average Bonchev–Trinajstić information content (AvgIpc) is 3.00. The van der Waals surface area contributed by atoms with Gasteiger partial charge < -0.3 is 14.8 Å². The highest BCUT2D eigenvalue weighted by atomic mass is 35.5. The van der Waals surface area contributed by atoms with E-state index >= 15 is 0 Å². The van der Waals surface area contributed by atoms with Gasteiger partial charge in [-0.15, -0.1) is 0 Å². The molecule has 1 aliphatic rings. The monoisotopic (exact) mass is 438 g/mol. The first-order valence-corrected chi connectivity index (χ1v) is 10.9. The number of amidine groups is 1. The summed E-state index contributed by atoms with van der Waals surface area (Å²) in [5, 5.41) is 3.20. The molecule has 0 aliphatic carbocycles. The standard InChI is InChI=1S/C21H27ClN2O4S/c1-4-5-6-7-8-9-10-28-19-16(22)11-15(12-17(19)27-3)13-18-20(26)24-21(29-18)23-14(2)25/h11-13H,4-10H2,1-3H3,(H,23,24,25,26)/b18-13+. The molecule has 0 bridgehead atoms. The summed E-state index contributed by atoms with van der Waals surface area (Å²) in [5.74, 6) is 0.332. The first-order valence-electron chi connectivity index (χ1n) is 9.75. The number of methoxy groups -OCH3 is 1. The van der Waals surface area contributed by atoms with Gasteiger partial charge in [0.15, 0.2) is 16.7 Å². The van der Waals surface area contributed by atoms with Crippen LogP contribution in [0.1, 0.15) is 57.9 Å². The number of nitrogens with zero attached hydrogens (tertiary/aromatic N) is 1. The molecule has 29 heavy (non-hydrogen) atoms. The number of aliphatic imine (C=N–C) groups is 1. The van der Waals surface area contributed by atoms with Crippen molar-refractivity contribution < 1.29 is 19.1 Å². The second-order valence-electron chi connectivity index (χ2n) is 6.66. The first-order chi connectivity index (χ1) is 13.9. The van der Waals surface area contributed by atoms with Gasteiger partial charge in [0, 0.05) is 6.92 Å². The van der Waals surface area contributed by atoms with Crippen molar-refractivity contribution in [2.45, 2.75) is 52.4 Å². The van der Waals surface area contributed by atoms with Crippen LogP contribution >= 0.6 is 23.4 Å². The minimum atomic E-state index is -0.405. The van der Waals surface area contributed by atoms with Gasteiger partial charge in [-0.25, -0.2) is 0 Å². The summed E-state index contributed by atoms with van der Waals surface area (Å²) in [6.45, 7) is 4.14. The van der Waals surface area contributed by atoms with Crippen molar-refractivity contribution in [2.75, 3.05) is 13.7 Å². The molecule has 0 aromatic heterocycles. The summed E-state index contributed by atoms with van der Waals surface area (Å²) in [5.41, 5.74) is 0.689. The predicted octanol–water partition coefficient (Wildman–Crippen LogP) is 5.19. The number of rotatable bonds is 10. The summed E-state index contributed by atoms with van der Waals surface area (Å²) < 4.78 is 11.3. The van der Waals surface area contributed by atoms with Gasteiger partial charge in [0.2, 0.25) is 5.91 Å². The molecule has 1 heterocycles. The lowest BCUT2D eigenvalue weighted by atomic mass is 10.1. The summed E-state index contributed by atoms with van der Waals surface area (Å²) >= 11 is 7.51. The molecule has 1 aromatic carbocycles. The minimum absolute atomic E-state index is 0.269. The van der Waals surface area contributed by atoms with Crippen molar-refractivity contribution in [3.63, 3.8) is 0 Å². The molecule has 2 rings (SSSR count). The van der Waals surface area contributed by atoms with Crippen LogP contribution in [0.2, 0.25) is 5.02 Å². The molecule has 1 aliphatic heterocycles. The van der Waals surface area contributed by atoms with Gasteiger partial charge in [0.05, 0.1) is 23.6 Å². The number of hydrogen-bond donors (Lipinski definition) is 1. The van der Waals surface area contributed by atoms with Crippen molar-refractivity contribution in [3.05, 3.63) is 27.6 Å². The zero-order valence-electron chi connectivity index (χ0n) is 17.0. The molecule has 2 amide bonds. The summed E-state index contributed by atoms with van der Waals surface area (Å²) in [6.07, 6.45) is 8.73. The molecule has 158 valence electrons. The van der Waals surface area contributed by atoms with E-state index in [1.807, 2.05) is 0 Å². The molecule has 1 N–H and O–H groups in total. The van der Waals surface area contributed by atoms with Crippen molar-refractivity contribution in [1.29, 1.82) is 0 Å². The molecule has 8 heteroatoms. The Balaban J connectivity index is 2.01. The Kier molecular flexibility index (Phi) is 9.54. The second-order valence-corrected chi connectivity index (χ2v) is 8.10. The van der Waals surface area contributed by atoms with Gasteiger partial charge in [-0.05, 0) is 42.0 Å². The molecule has 0 spiro atoms. The Morgan fingerprint density at radius 2 is 1.97 bits per heavy atom. The lowest BCUT2D eigenvalue weighted by Gasteiger charge is -2.13. The van der Waals surface area contributed by atoms with Crippen molar-refractivity contribution >= 4 is 46.4 Å². The fourth-order valence-corrected chi connectivity index (χ4v) is 3.92. The molecule has 0 unspecified atom stereocenters. The Bertz CT molecular complexity index is 808. The van der Waals surface area contributed by atoms with Crippen LogP contribution < -0.4 is 14.8 Å². The molecular formula is C21H27ClN2O4S. The van der Waals surface area contributed by atoms with Crippen LogP contribution in [0.5, 0.6) is 11.5 Å². The summed E-state index contributed by atoms with van der Waals surface area (Å²) in [7, 11) is 1.55. The highest BCUT2D eigenvalue weighted by Gasteiger charge is 2.23. The van der Waals surface area contributed by atoms with E-state index in [2.05, 4.69) is 17.2 Å². The van der Waals surface area contributed by atoms with Crippen LogP contribution in [0.25, 0.3) is 6.08 Å². The second kappa shape index (κ2) is 11.9. The topological polar surface area (TPSA) is 77.0 Å². The Morgan fingerprint density at radius 1 is 1.24 bits per heavy atom. The molecule has 6 nitrogen and oxygen atoms in total. The molecule has 0 fully saturated rings.